The molecule has 0 bridgehead atoms. The Morgan fingerprint density at radius 1 is 0.938 bits per heavy atom. The zero-order valence-corrected chi connectivity index (χ0v) is 18.6. The van der Waals surface area contributed by atoms with E-state index in [1.165, 1.54) is 50.0 Å². The summed E-state index contributed by atoms with van der Waals surface area (Å²) in [5, 5.41) is 4.73. The Labute approximate surface area is 188 Å². The van der Waals surface area contributed by atoms with Gasteiger partial charge in [-0.1, -0.05) is 42.5 Å². The van der Waals surface area contributed by atoms with Crippen molar-refractivity contribution in [2.75, 3.05) is 19.6 Å². The Bertz CT molecular complexity index is 1210. The summed E-state index contributed by atoms with van der Waals surface area (Å²) >= 11 is 0. The quantitative estimate of drug-likeness (QED) is 0.392. The number of aromatic nitrogens is 3. The number of nitrogens with zero attached hydrogens (tertiary/aromatic N) is 4. The van der Waals surface area contributed by atoms with Crippen molar-refractivity contribution in [1.82, 2.24) is 19.5 Å². The standard InChI is InChI=1S/C27H29FN4/c1-20-9-14-23(19-24(20)28)25-7-4-8-27-29-26(30-32(25)27)18-22-12-10-21(11-13-22)6-5-17-31-15-2-3-16-31/h4,7-14,19H,2-3,5-6,15-18H2,1H3. The van der Waals surface area contributed by atoms with Gasteiger partial charge in [0.2, 0.25) is 0 Å². The third-order valence-electron chi connectivity index (χ3n) is 6.39. The van der Waals surface area contributed by atoms with E-state index in [1.54, 1.807) is 19.1 Å². The highest BCUT2D eigenvalue weighted by Gasteiger charge is 2.12. The number of rotatable bonds is 7. The molecule has 4 aromatic rings. The van der Waals surface area contributed by atoms with Crippen LogP contribution < -0.4 is 0 Å². The van der Waals surface area contributed by atoms with Crippen LogP contribution in [0.4, 0.5) is 4.39 Å². The van der Waals surface area contributed by atoms with Crippen LogP contribution in [0.2, 0.25) is 0 Å². The van der Waals surface area contributed by atoms with Gasteiger partial charge in [-0.15, -0.1) is 0 Å². The van der Waals surface area contributed by atoms with E-state index in [0.29, 0.717) is 12.0 Å². The fraction of sp³-hybridized carbons (Fsp3) is 0.333. The SMILES string of the molecule is Cc1ccc(-c2cccc3nc(Cc4ccc(CCCN5CCCC5)cc4)nn23)cc1F. The molecular formula is C27H29FN4. The maximum absolute atomic E-state index is 14.1. The second-order valence-electron chi connectivity index (χ2n) is 8.82. The molecule has 0 atom stereocenters. The monoisotopic (exact) mass is 428 g/mol. The van der Waals surface area contributed by atoms with Crippen LogP contribution in [-0.2, 0) is 12.8 Å². The van der Waals surface area contributed by atoms with Gasteiger partial charge in [0.25, 0.3) is 0 Å². The predicted molar refractivity (Wildman–Crippen MR) is 126 cm³/mol. The summed E-state index contributed by atoms with van der Waals surface area (Å²) in [4.78, 5) is 7.27. The van der Waals surface area contributed by atoms with Crippen molar-refractivity contribution >= 4 is 5.65 Å². The van der Waals surface area contributed by atoms with Crippen molar-refractivity contribution in [3.05, 3.63) is 89.0 Å². The molecule has 2 aromatic heterocycles. The second-order valence-corrected chi connectivity index (χ2v) is 8.82. The molecule has 1 fully saturated rings. The van der Waals surface area contributed by atoms with E-state index in [0.717, 1.165) is 29.1 Å². The van der Waals surface area contributed by atoms with Crippen LogP contribution in [0.1, 0.15) is 41.8 Å². The van der Waals surface area contributed by atoms with E-state index in [1.807, 2.05) is 28.8 Å². The minimum Gasteiger partial charge on any atom is -0.303 e. The van der Waals surface area contributed by atoms with E-state index >= 15 is 0 Å². The number of benzene rings is 2. The molecule has 32 heavy (non-hydrogen) atoms. The summed E-state index contributed by atoms with van der Waals surface area (Å²) in [6.07, 6.45) is 5.73. The van der Waals surface area contributed by atoms with Crippen LogP contribution in [0.25, 0.3) is 16.9 Å². The molecule has 3 heterocycles. The Kier molecular flexibility index (Phi) is 5.99. The largest absolute Gasteiger partial charge is 0.303 e. The van der Waals surface area contributed by atoms with E-state index in [2.05, 4.69) is 29.2 Å². The number of hydrogen-bond donors (Lipinski definition) is 0. The summed E-state index contributed by atoms with van der Waals surface area (Å²) in [7, 11) is 0. The molecule has 0 radical (unpaired) electrons. The highest BCUT2D eigenvalue weighted by molar-refractivity contribution is 5.63. The lowest BCUT2D eigenvalue weighted by Gasteiger charge is -2.13. The van der Waals surface area contributed by atoms with Crippen molar-refractivity contribution in [3.8, 4) is 11.3 Å². The van der Waals surface area contributed by atoms with Gasteiger partial charge in [-0.2, -0.15) is 5.10 Å². The van der Waals surface area contributed by atoms with Crippen molar-refractivity contribution in [1.29, 1.82) is 0 Å². The van der Waals surface area contributed by atoms with Gasteiger partial charge < -0.3 is 4.90 Å². The molecule has 4 nitrogen and oxygen atoms in total. The van der Waals surface area contributed by atoms with Gasteiger partial charge >= 0.3 is 0 Å². The molecular weight excluding hydrogens is 399 g/mol. The Balaban J connectivity index is 1.28. The fourth-order valence-electron chi connectivity index (χ4n) is 4.51. The molecule has 0 amide bonds. The third-order valence-corrected chi connectivity index (χ3v) is 6.39. The van der Waals surface area contributed by atoms with Crippen LogP contribution in [0.3, 0.4) is 0 Å². The predicted octanol–water partition coefficient (Wildman–Crippen LogP) is 5.46. The van der Waals surface area contributed by atoms with Crippen LogP contribution >= 0.6 is 0 Å². The molecule has 5 rings (SSSR count). The minimum atomic E-state index is -0.208. The summed E-state index contributed by atoms with van der Waals surface area (Å²) in [5.41, 5.74) is 5.64. The molecule has 0 spiro atoms. The van der Waals surface area contributed by atoms with Gasteiger partial charge in [-0.25, -0.2) is 13.9 Å². The van der Waals surface area contributed by atoms with E-state index in [9.17, 15) is 4.39 Å². The van der Waals surface area contributed by atoms with Crippen LogP contribution in [0.5, 0.6) is 0 Å². The van der Waals surface area contributed by atoms with Gasteiger partial charge in [0.1, 0.15) is 5.82 Å². The van der Waals surface area contributed by atoms with Crippen molar-refractivity contribution in [2.24, 2.45) is 0 Å². The third kappa shape index (κ3) is 4.58. The number of likely N-dealkylation sites (tertiary alicyclic amines) is 1. The maximum atomic E-state index is 14.1. The normalized spacial score (nSPS) is 14.4. The fourth-order valence-corrected chi connectivity index (χ4v) is 4.51. The Hall–Kier alpha value is -3.05. The van der Waals surface area contributed by atoms with Crippen LogP contribution in [0, 0.1) is 12.7 Å². The average Bonchev–Trinajstić information content (AvgIpc) is 3.46. The van der Waals surface area contributed by atoms with Gasteiger partial charge in [0, 0.05) is 12.0 Å². The lowest BCUT2D eigenvalue weighted by Crippen LogP contribution is -2.20. The lowest BCUT2D eigenvalue weighted by atomic mass is 10.1. The van der Waals surface area contributed by atoms with Gasteiger partial charge in [-0.3, -0.25) is 0 Å². The highest BCUT2D eigenvalue weighted by Crippen LogP contribution is 2.23. The first kappa shape index (κ1) is 20.8. The number of halogens is 1. The molecule has 0 N–H and O–H groups in total. The van der Waals surface area contributed by atoms with Gasteiger partial charge in [0.05, 0.1) is 5.69 Å². The molecule has 1 aliphatic heterocycles. The number of pyridine rings is 1. The molecule has 1 aliphatic rings. The van der Waals surface area contributed by atoms with Crippen molar-refractivity contribution < 1.29 is 4.39 Å². The van der Waals surface area contributed by atoms with Crippen molar-refractivity contribution in [3.63, 3.8) is 0 Å². The van der Waals surface area contributed by atoms with E-state index < -0.39 is 0 Å². The molecule has 2 aromatic carbocycles. The number of hydrogen-bond acceptors (Lipinski definition) is 3. The van der Waals surface area contributed by atoms with Gasteiger partial charge in [0.15, 0.2) is 11.5 Å². The smallest absolute Gasteiger partial charge is 0.156 e. The van der Waals surface area contributed by atoms with E-state index in [-0.39, 0.29) is 5.82 Å². The minimum absolute atomic E-state index is 0.208. The molecule has 1 saturated heterocycles. The van der Waals surface area contributed by atoms with Crippen molar-refractivity contribution in [2.45, 2.75) is 39.0 Å². The summed E-state index contributed by atoms with van der Waals surface area (Å²) in [6, 6.07) is 20.0. The topological polar surface area (TPSA) is 33.4 Å². The van der Waals surface area contributed by atoms with Crippen LogP contribution in [-0.4, -0.2) is 39.1 Å². The zero-order chi connectivity index (χ0) is 21.9. The zero-order valence-electron chi connectivity index (χ0n) is 18.6. The van der Waals surface area contributed by atoms with Crippen LogP contribution in [0.15, 0.2) is 60.7 Å². The second kappa shape index (κ2) is 9.21. The maximum Gasteiger partial charge on any atom is 0.156 e. The first-order chi connectivity index (χ1) is 15.7. The van der Waals surface area contributed by atoms with E-state index in [4.69, 9.17) is 10.1 Å². The number of aryl methyl sites for hydroxylation is 2. The first-order valence-electron chi connectivity index (χ1n) is 11.6. The molecule has 0 unspecified atom stereocenters. The Morgan fingerprint density at radius 3 is 2.50 bits per heavy atom. The first-order valence-corrected chi connectivity index (χ1v) is 11.6. The number of fused-ring (bicyclic) bond motifs is 1. The van der Waals surface area contributed by atoms with Gasteiger partial charge in [-0.05, 0) is 87.1 Å². The highest BCUT2D eigenvalue weighted by atomic mass is 19.1. The molecule has 5 heteroatoms. The lowest BCUT2D eigenvalue weighted by molar-refractivity contribution is 0.334. The Morgan fingerprint density at radius 2 is 1.72 bits per heavy atom. The molecule has 164 valence electrons. The average molecular weight is 429 g/mol. The molecule has 0 aliphatic carbocycles. The summed E-state index contributed by atoms with van der Waals surface area (Å²) < 4.78 is 15.9. The summed E-state index contributed by atoms with van der Waals surface area (Å²) in [6.45, 7) is 5.52. The molecule has 0 saturated carbocycles. The summed E-state index contributed by atoms with van der Waals surface area (Å²) in [5.74, 6) is 0.562.